The number of carbonyl (C=O) groups is 1. The summed E-state index contributed by atoms with van der Waals surface area (Å²) in [4.78, 5) is 12.2. The van der Waals surface area contributed by atoms with Gasteiger partial charge in [0.05, 0.1) is 18.4 Å². The molecule has 1 aromatic rings. The fourth-order valence-electron chi connectivity index (χ4n) is 2.38. The van der Waals surface area contributed by atoms with Crippen LogP contribution in [0.5, 0.6) is 5.75 Å². The van der Waals surface area contributed by atoms with Crippen molar-refractivity contribution >= 4 is 27.6 Å². The van der Waals surface area contributed by atoms with Gasteiger partial charge in [0, 0.05) is 5.57 Å². The molecule has 0 radical (unpaired) electrons. The maximum absolute atomic E-state index is 12.2. The number of thioether (sulfide) groups is 1. The van der Waals surface area contributed by atoms with E-state index in [4.69, 9.17) is 9.47 Å². The molecule has 7 heteroatoms. The number of benzene rings is 1. The highest BCUT2D eigenvalue weighted by Crippen LogP contribution is 2.41. The molecule has 1 atom stereocenters. The van der Waals surface area contributed by atoms with Crippen LogP contribution in [0.25, 0.3) is 0 Å². The van der Waals surface area contributed by atoms with Gasteiger partial charge in [-0.1, -0.05) is 17.8 Å². The minimum atomic E-state index is -3.21. The summed E-state index contributed by atoms with van der Waals surface area (Å²) >= 11 is 1.17. The van der Waals surface area contributed by atoms with E-state index in [-0.39, 0.29) is 5.75 Å². The molecule has 2 aliphatic rings. The lowest BCUT2D eigenvalue weighted by Gasteiger charge is -2.19. The predicted octanol–water partition coefficient (Wildman–Crippen LogP) is 2.51. The van der Waals surface area contributed by atoms with Gasteiger partial charge < -0.3 is 9.47 Å². The number of ether oxygens (including phenoxy) is 2. The zero-order chi connectivity index (χ0) is 15.7. The molecule has 0 saturated carbocycles. The van der Waals surface area contributed by atoms with Gasteiger partial charge in [-0.25, -0.2) is 13.2 Å². The average Bonchev–Trinajstić information content (AvgIpc) is 2.84. The number of carbonyl (C=O) groups excluding carboxylic acids is 1. The minimum Gasteiger partial charge on any atom is -0.497 e. The van der Waals surface area contributed by atoms with Crippen LogP contribution in [0.1, 0.15) is 16.8 Å². The van der Waals surface area contributed by atoms with E-state index in [9.17, 15) is 13.2 Å². The van der Waals surface area contributed by atoms with Crippen LogP contribution in [0.2, 0.25) is 0 Å². The summed E-state index contributed by atoms with van der Waals surface area (Å²) in [6.07, 6.45) is 1.50. The topological polar surface area (TPSA) is 69.7 Å². The van der Waals surface area contributed by atoms with Gasteiger partial charge in [0.1, 0.15) is 16.1 Å². The molecule has 2 heterocycles. The normalized spacial score (nSPS) is 22.3. The Kier molecular flexibility index (Phi) is 4.01. The van der Waals surface area contributed by atoms with Gasteiger partial charge in [-0.05, 0) is 36.1 Å². The Labute approximate surface area is 132 Å². The third-order valence-corrected chi connectivity index (χ3v) is 6.88. The van der Waals surface area contributed by atoms with Crippen molar-refractivity contribution in [1.29, 1.82) is 0 Å². The van der Waals surface area contributed by atoms with Gasteiger partial charge >= 0.3 is 5.97 Å². The summed E-state index contributed by atoms with van der Waals surface area (Å²) in [5.74, 6) is 0.142. The first-order valence-corrected chi connectivity index (χ1v) is 9.18. The first-order chi connectivity index (χ1) is 10.5. The minimum absolute atomic E-state index is 0.0829. The van der Waals surface area contributed by atoms with E-state index < -0.39 is 21.9 Å². The molecule has 3 rings (SSSR count). The van der Waals surface area contributed by atoms with Crippen molar-refractivity contribution in [2.45, 2.75) is 12.5 Å². The fraction of sp³-hybridized carbons (Fsp3) is 0.267. The zero-order valence-corrected chi connectivity index (χ0v) is 13.4. The third-order valence-electron chi connectivity index (χ3n) is 3.50. The summed E-state index contributed by atoms with van der Waals surface area (Å²) in [5, 5.41) is 1.66. The maximum atomic E-state index is 12.2. The number of sulfone groups is 1. The summed E-state index contributed by atoms with van der Waals surface area (Å²) < 4.78 is 34.7. The molecule has 0 aliphatic carbocycles. The standard InChI is InChI=1S/C15H14O5S2/c1-19-11-4-2-3-10(9-11)14(16)20-13-5-7-21-15-12(13)6-8-22(15,17)18/h2-5,7,9,13H,6,8H2,1H3. The van der Waals surface area contributed by atoms with Crippen molar-refractivity contribution in [3.05, 3.63) is 51.1 Å². The monoisotopic (exact) mass is 338 g/mol. The van der Waals surface area contributed by atoms with Crippen LogP contribution in [-0.4, -0.2) is 33.4 Å². The molecule has 0 N–H and O–H groups in total. The molecular weight excluding hydrogens is 324 g/mol. The molecule has 5 nitrogen and oxygen atoms in total. The van der Waals surface area contributed by atoms with Gasteiger partial charge in [-0.15, -0.1) is 0 Å². The van der Waals surface area contributed by atoms with Crippen LogP contribution >= 0.6 is 11.8 Å². The molecule has 1 unspecified atom stereocenters. The summed E-state index contributed by atoms with van der Waals surface area (Å²) in [7, 11) is -1.69. The van der Waals surface area contributed by atoms with Crippen LogP contribution < -0.4 is 4.74 Å². The van der Waals surface area contributed by atoms with Crippen molar-refractivity contribution in [3.8, 4) is 5.75 Å². The van der Waals surface area contributed by atoms with Crippen molar-refractivity contribution in [1.82, 2.24) is 0 Å². The third kappa shape index (κ3) is 2.78. The van der Waals surface area contributed by atoms with Gasteiger partial charge in [0.25, 0.3) is 0 Å². The molecule has 116 valence electrons. The Balaban J connectivity index is 1.82. The van der Waals surface area contributed by atoms with Gasteiger partial charge in [-0.2, -0.15) is 0 Å². The highest BCUT2D eigenvalue weighted by Gasteiger charge is 2.36. The smallest absolute Gasteiger partial charge is 0.339 e. The van der Waals surface area contributed by atoms with E-state index in [2.05, 4.69) is 0 Å². The first kappa shape index (κ1) is 15.2. The number of hydrogen-bond acceptors (Lipinski definition) is 6. The summed E-state index contributed by atoms with van der Waals surface area (Å²) in [6.45, 7) is 0. The molecule has 22 heavy (non-hydrogen) atoms. The van der Waals surface area contributed by atoms with Crippen molar-refractivity contribution < 1.29 is 22.7 Å². The highest BCUT2D eigenvalue weighted by molar-refractivity contribution is 8.20. The molecule has 0 amide bonds. The molecule has 0 bridgehead atoms. The number of esters is 1. The fourth-order valence-corrected chi connectivity index (χ4v) is 5.39. The van der Waals surface area contributed by atoms with Crippen LogP contribution in [-0.2, 0) is 14.6 Å². The molecule has 0 spiro atoms. The zero-order valence-electron chi connectivity index (χ0n) is 11.8. The van der Waals surface area contributed by atoms with Crippen molar-refractivity contribution in [2.75, 3.05) is 12.9 Å². The van der Waals surface area contributed by atoms with Gasteiger partial charge in [0.2, 0.25) is 0 Å². The SMILES string of the molecule is COc1cccc(C(=O)OC2C=CSC3=C2CCS3(=O)=O)c1. The number of methoxy groups -OCH3 is 1. The van der Waals surface area contributed by atoms with Crippen LogP contribution in [0, 0.1) is 0 Å². The van der Waals surface area contributed by atoms with E-state index in [0.29, 0.717) is 27.5 Å². The quantitative estimate of drug-likeness (QED) is 0.789. The molecule has 0 saturated heterocycles. The second-order valence-corrected chi connectivity index (χ2v) is 8.11. The predicted molar refractivity (Wildman–Crippen MR) is 84.4 cm³/mol. The van der Waals surface area contributed by atoms with Crippen molar-refractivity contribution in [3.63, 3.8) is 0 Å². The van der Waals surface area contributed by atoms with Crippen molar-refractivity contribution in [2.24, 2.45) is 0 Å². The summed E-state index contributed by atoms with van der Waals surface area (Å²) in [5.41, 5.74) is 1.04. The Morgan fingerprint density at radius 3 is 2.95 bits per heavy atom. The average molecular weight is 338 g/mol. The maximum Gasteiger partial charge on any atom is 0.339 e. The van der Waals surface area contributed by atoms with Crippen LogP contribution in [0.15, 0.2) is 45.6 Å². The lowest BCUT2D eigenvalue weighted by Crippen LogP contribution is -2.20. The molecule has 2 aliphatic heterocycles. The largest absolute Gasteiger partial charge is 0.497 e. The Morgan fingerprint density at radius 2 is 2.18 bits per heavy atom. The summed E-state index contributed by atoms with van der Waals surface area (Å²) in [6, 6.07) is 6.65. The first-order valence-electron chi connectivity index (χ1n) is 6.65. The van der Waals surface area contributed by atoms with Gasteiger partial charge in [0.15, 0.2) is 9.84 Å². The Hall–Kier alpha value is -1.73. The number of hydrogen-bond donors (Lipinski definition) is 0. The molecule has 0 aromatic heterocycles. The second-order valence-electron chi connectivity index (χ2n) is 4.89. The molecule has 1 aromatic carbocycles. The lowest BCUT2D eigenvalue weighted by molar-refractivity contribution is 0.0444. The van der Waals surface area contributed by atoms with Crippen LogP contribution in [0.4, 0.5) is 0 Å². The van der Waals surface area contributed by atoms with E-state index in [1.165, 1.54) is 18.9 Å². The van der Waals surface area contributed by atoms with Gasteiger partial charge in [-0.3, -0.25) is 0 Å². The Bertz CT molecular complexity index is 777. The highest BCUT2D eigenvalue weighted by atomic mass is 32.3. The molecule has 0 fully saturated rings. The van der Waals surface area contributed by atoms with E-state index in [1.54, 1.807) is 35.7 Å². The second kappa shape index (κ2) is 5.81. The van der Waals surface area contributed by atoms with Crippen LogP contribution in [0.3, 0.4) is 0 Å². The number of rotatable bonds is 3. The van der Waals surface area contributed by atoms with E-state index in [0.717, 1.165) is 0 Å². The Morgan fingerprint density at radius 1 is 1.36 bits per heavy atom. The lowest BCUT2D eigenvalue weighted by atomic mass is 10.1. The molecular formula is C15H14O5S2. The van der Waals surface area contributed by atoms with E-state index in [1.807, 2.05) is 0 Å². The van der Waals surface area contributed by atoms with E-state index >= 15 is 0 Å².